The van der Waals surface area contributed by atoms with Gasteiger partial charge in [0, 0.05) is 50.2 Å². The highest BCUT2D eigenvalue weighted by Gasteiger charge is 2.19. The minimum atomic E-state index is 0.407. The molecule has 0 saturated carbocycles. The number of piperazine rings is 1. The number of fused-ring (bicyclic) bond motifs is 1. The highest BCUT2D eigenvalue weighted by Crippen LogP contribution is 2.32. The van der Waals surface area contributed by atoms with Gasteiger partial charge in [0.2, 0.25) is 0 Å². The summed E-state index contributed by atoms with van der Waals surface area (Å²) < 4.78 is 2.02. The number of aromatic nitrogens is 4. The smallest absolute Gasteiger partial charge is 0.165 e. The number of hydrogen-bond acceptors (Lipinski definition) is 7. The Balaban J connectivity index is 0.00000151. The number of benzene rings is 2. The zero-order valence-electron chi connectivity index (χ0n) is 22.3. The Morgan fingerprint density at radius 1 is 0.897 bits per heavy atom. The van der Waals surface area contributed by atoms with Crippen molar-refractivity contribution in [2.24, 2.45) is 0 Å². The molecule has 0 amide bonds. The van der Waals surface area contributed by atoms with Crippen molar-refractivity contribution in [1.82, 2.24) is 29.7 Å². The molecule has 3 N–H and O–H groups in total. The van der Waals surface area contributed by atoms with Gasteiger partial charge in [-0.25, -0.2) is 15.0 Å². The first-order chi connectivity index (χ1) is 19.2. The van der Waals surface area contributed by atoms with E-state index in [9.17, 15) is 5.26 Å². The van der Waals surface area contributed by atoms with E-state index in [0.29, 0.717) is 28.5 Å². The number of nitrogens with one attached hydrogen (secondary N) is 1. The molecule has 1 fully saturated rings. The van der Waals surface area contributed by atoms with E-state index in [0.717, 1.165) is 55.1 Å². The summed E-state index contributed by atoms with van der Waals surface area (Å²) in [6.45, 7) is 9.07. The molecule has 8 nitrogen and oxygen atoms in total. The molecule has 2 aromatic carbocycles. The van der Waals surface area contributed by atoms with Gasteiger partial charge >= 0.3 is 0 Å². The third-order valence-electron chi connectivity index (χ3n) is 6.72. The van der Waals surface area contributed by atoms with Gasteiger partial charge < -0.3 is 11.1 Å². The maximum absolute atomic E-state index is 9.63. The van der Waals surface area contributed by atoms with Gasteiger partial charge in [-0.15, -0.1) is 0 Å². The number of hydrogen-bond donors (Lipinski definition) is 2. The predicted octanol–water partition coefficient (Wildman–Crippen LogP) is 5.03. The number of nitrogens with zero attached hydrogens (tertiary/aromatic N) is 6. The number of nitrogens with two attached hydrogens (primary N) is 1. The molecule has 0 spiro atoms. The summed E-state index contributed by atoms with van der Waals surface area (Å²) in [6.07, 6.45) is 1.67. The molecule has 39 heavy (non-hydrogen) atoms. The summed E-state index contributed by atoms with van der Waals surface area (Å²) in [5.74, 6) is 1.08. The van der Waals surface area contributed by atoms with Gasteiger partial charge in [0.1, 0.15) is 11.3 Å². The first-order valence-corrected chi connectivity index (χ1v) is 13.3. The molecular weight excluding hydrogens is 484 g/mol. The molecule has 3 aromatic heterocycles. The number of imidazole rings is 1. The molecule has 4 heterocycles. The van der Waals surface area contributed by atoms with Crippen LogP contribution in [0.3, 0.4) is 0 Å². The van der Waals surface area contributed by atoms with E-state index in [1.54, 1.807) is 12.3 Å². The first-order valence-electron chi connectivity index (χ1n) is 13.3. The van der Waals surface area contributed by atoms with E-state index >= 15 is 0 Å². The minimum Gasteiger partial charge on any atom is -0.383 e. The van der Waals surface area contributed by atoms with Gasteiger partial charge in [0.25, 0.3) is 0 Å². The Hall–Kier alpha value is -4.58. The van der Waals surface area contributed by atoms with Crippen LogP contribution >= 0.6 is 0 Å². The number of pyridine rings is 2. The second-order valence-electron chi connectivity index (χ2n) is 9.10. The molecule has 0 radical (unpaired) electrons. The SMILES string of the molecule is CC.N#Cc1ccccc1-c1ccc2nc(-c3cccnc3N)n(-c3ccc(CN4CCNCC4)cc3)c2n1. The molecule has 196 valence electrons. The second-order valence-corrected chi connectivity index (χ2v) is 9.10. The lowest BCUT2D eigenvalue weighted by molar-refractivity contribution is 0.233. The summed E-state index contributed by atoms with van der Waals surface area (Å²) in [6, 6.07) is 25.9. The molecule has 5 aromatic rings. The van der Waals surface area contributed by atoms with Gasteiger partial charge in [-0.05, 0) is 48.0 Å². The zero-order chi connectivity index (χ0) is 27.2. The molecule has 1 aliphatic rings. The quantitative estimate of drug-likeness (QED) is 0.337. The van der Waals surface area contributed by atoms with E-state index in [1.165, 1.54) is 5.56 Å². The van der Waals surface area contributed by atoms with E-state index in [4.69, 9.17) is 15.7 Å². The second kappa shape index (κ2) is 11.9. The molecule has 1 saturated heterocycles. The van der Waals surface area contributed by atoms with Crippen LogP contribution in [0.4, 0.5) is 5.82 Å². The summed E-state index contributed by atoms with van der Waals surface area (Å²) >= 11 is 0. The van der Waals surface area contributed by atoms with Crippen molar-refractivity contribution in [3.63, 3.8) is 0 Å². The van der Waals surface area contributed by atoms with Gasteiger partial charge in [-0.1, -0.05) is 44.2 Å². The molecule has 0 aliphatic carbocycles. The Morgan fingerprint density at radius 3 is 2.38 bits per heavy atom. The van der Waals surface area contributed by atoms with Crippen LogP contribution in [0.1, 0.15) is 25.0 Å². The topological polar surface area (TPSA) is 109 Å². The van der Waals surface area contributed by atoms with Gasteiger partial charge in [0.05, 0.1) is 22.9 Å². The monoisotopic (exact) mass is 516 g/mol. The van der Waals surface area contributed by atoms with Crippen LogP contribution in [-0.2, 0) is 6.54 Å². The van der Waals surface area contributed by atoms with Crippen molar-refractivity contribution in [2.45, 2.75) is 20.4 Å². The lowest BCUT2D eigenvalue weighted by Crippen LogP contribution is -2.42. The van der Waals surface area contributed by atoms with Crippen molar-refractivity contribution < 1.29 is 0 Å². The fourth-order valence-electron chi connectivity index (χ4n) is 4.82. The highest BCUT2D eigenvalue weighted by atomic mass is 15.2. The summed E-state index contributed by atoms with van der Waals surface area (Å²) in [4.78, 5) is 16.7. The predicted molar refractivity (Wildman–Crippen MR) is 156 cm³/mol. The van der Waals surface area contributed by atoms with Crippen LogP contribution in [0.25, 0.3) is 39.5 Å². The lowest BCUT2D eigenvalue weighted by atomic mass is 10.1. The third-order valence-corrected chi connectivity index (χ3v) is 6.72. The Kier molecular flexibility index (Phi) is 7.92. The number of nitrogen functional groups attached to an aromatic ring is 1. The van der Waals surface area contributed by atoms with Crippen LogP contribution in [-0.4, -0.2) is 50.6 Å². The third kappa shape index (κ3) is 5.36. The highest BCUT2D eigenvalue weighted by molar-refractivity contribution is 5.85. The summed E-state index contributed by atoms with van der Waals surface area (Å²) in [5, 5.41) is 13.0. The lowest BCUT2D eigenvalue weighted by Gasteiger charge is -2.27. The van der Waals surface area contributed by atoms with Crippen LogP contribution < -0.4 is 11.1 Å². The van der Waals surface area contributed by atoms with Crippen molar-refractivity contribution in [1.29, 1.82) is 5.26 Å². The van der Waals surface area contributed by atoms with Crippen molar-refractivity contribution >= 4 is 17.0 Å². The van der Waals surface area contributed by atoms with Crippen LogP contribution in [0.5, 0.6) is 0 Å². The molecule has 0 bridgehead atoms. The average Bonchev–Trinajstić information content (AvgIpc) is 3.38. The molecule has 6 rings (SSSR count). The molecular formula is C31H32N8. The van der Waals surface area contributed by atoms with Crippen LogP contribution in [0.15, 0.2) is 79.0 Å². The normalized spacial score (nSPS) is 13.5. The fourth-order valence-corrected chi connectivity index (χ4v) is 4.82. The fraction of sp³-hybridized carbons (Fsp3) is 0.226. The van der Waals surface area contributed by atoms with Crippen molar-refractivity contribution in [3.05, 3.63) is 90.1 Å². The zero-order valence-corrected chi connectivity index (χ0v) is 22.3. The summed E-state index contributed by atoms with van der Waals surface area (Å²) in [7, 11) is 0. The minimum absolute atomic E-state index is 0.407. The van der Waals surface area contributed by atoms with Crippen LogP contribution in [0, 0.1) is 11.3 Å². The van der Waals surface area contributed by atoms with Crippen molar-refractivity contribution in [3.8, 4) is 34.4 Å². The summed E-state index contributed by atoms with van der Waals surface area (Å²) in [5.41, 5.74) is 12.7. The Bertz CT molecular complexity index is 1610. The maximum atomic E-state index is 9.63. The standard InChI is InChI=1S/C29H26N8.C2H6/c30-18-21-4-1-2-5-23(21)25-11-12-26-29(34-25)37(28(35-26)24-6-3-13-33-27(24)31)22-9-7-20(8-10-22)19-36-16-14-32-15-17-36;1-2/h1-13,32H,14-17,19H2,(H2,31,33);1-2H3. The number of anilines is 1. The molecule has 0 unspecified atom stereocenters. The molecule has 1 aliphatic heterocycles. The molecule has 8 heteroatoms. The van der Waals surface area contributed by atoms with Gasteiger partial charge in [0.15, 0.2) is 11.5 Å². The van der Waals surface area contributed by atoms with Crippen molar-refractivity contribution in [2.75, 3.05) is 31.9 Å². The van der Waals surface area contributed by atoms with E-state index in [-0.39, 0.29) is 0 Å². The van der Waals surface area contributed by atoms with E-state index < -0.39 is 0 Å². The Morgan fingerprint density at radius 2 is 1.64 bits per heavy atom. The van der Waals surface area contributed by atoms with Crippen LogP contribution in [0.2, 0.25) is 0 Å². The Labute approximate surface area is 228 Å². The van der Waals surface area contributed by atoms with E-state index in [1.807, 2.05) is 60.9 Å². The van der Waals surface area contributed by atoms with Gasteiger partial charge in [-0.3, -0.25) is 9.47 Å². The average molecular weight is 517 g/mol. The maximum Gasteiger partial charge on any atom is 0.165 e. The largest absolute Gasteiger partial charge is 0.383 e. The van der Waals surface area contributed by atoms with Gasteiger partial charge in [-0.2, -0.15) is 5.26 Å². The number of nitriles is 1. The molecule has 0 atom stereocenters. The number of rotatable bonds is 5. The van der Waals surface area contributed by atoms with E-state index in [2.05, 4.69) is 45.5 Å². The first kappa shape index (κ1) is 26.0.